The quantitative estimate of drug-likeness (QED) is 0.729. The van der Waals surface area contributed by atoms with Gasteiger partial charge < -0.3 is 15.0 Å². The lowest BCUT2D eigenvalue weighted by Gasteiger charge is -2.36. The van der Waals surface area contributed by atoms with Crippen LogP contribution in [0.3, 0.4) is 0 Å². The van der Waals surface area contributed by atoms with Gasteiger partial charge in [0.15, 0.2) is 0 Å². The molecule has 0 aromatic heterocycles. The van der Waals surface area contributed by atoms with Crippen LogP contribution < -0.4 is 5.32 Å². The SMILES string of the molecule is CCC(NC1CCN(C)C(C)C1)C(=O)OC. The van der Waals surface area contributed by atoms with Crippen LogP contribution in [0.2, 0.25) is 0 Å². The van der Waals surface area contributed by atoms with E-state index < -0.39 is 0 Å². The second kappa shape index (κ2) is 6.21. The van der Waals surface area contributed by atoms with Gasteiger partial charge in [0, 0.05) is 12.1 Å². The summed E-state index contributed by atoms with van der Waals surface area (Å²) in [6.45, 7) is 5.33. The predicted octanol–water partition coefficient (Wildman–Crippen LogP) is 1.01. The molecule has 1 saturated heterocycles. The molecule has 16 heavy (non-hydrogen) atoms. The summed E-state index contributed by atoms with van der Waals surface area (Å²) in [6, 6.07) is 0.877. The third-order valence-electron chi connectivity index (χ3n) is 3.54. The fourth-order valence-corrected chi connectivity index (χ4v) is 2.22. The molecule has 0 saturated carbocycles. The minimum atomic E-state index is -0.148. The van der Waals surface area contributed by atoms with Crippen molar-refractivity contribution in [1.29, 1.82) is 0 Å². The van der Waals surface area contributed by atoms with Crippen LogP contribution in [0, 0.1) is 0 Å². The molecule has 1 fully saturated rings. The van der Waals surface area contributed by atoms with Crippen molar-refractivity contribution < 1.29 is 9.53 Å². The first kappa shape index (κ1) is 13.5. The number of hydrogen-bond donors (Lipinski definition) is 1. The first-order valence-electron chi connectivity index (χ1n) is 6.12. The molecule has 0 bridgehead atoms. The summed E-state index contributed by atoms with van der Waals surface area (Å²) >= 11 is 0. The first-order valence-corrected chi connectivity index (χ1v) is 6.12. The highest BCUT2D eigenvalue weighted by molar-refractivity contribution is 5.75. The van der Waals surface area contributed by atoms with E-state index >= 15 is 0 Å². The van der Waals surface area contributed by atoms with E-state index in [1.807, 2.05) is 6.92 Å². The number of methoxy groups -OCH3 is 1. The molecule has 0 aromatic carbocycles. The highest BCUT2D eigenvalue weighted by atomic mass is 16.5. The largest absolute Gasteiger partial charge is 0.468 e. The molecule has 0 aliphatic carbocycles. The predicted molar refractivity (Wildman–Crippen MR) is 64.3 cm³/mol. The van der Waals surface area contributed by atoms with Crippen molar-refractivity contribution in [3.63, 3.8) is 0 Å². The van der Waals surface area contributed by atoms with Crippen molar-refractivity contribution in [2.24, 2.45) is 0 Å². The van der Waals surface area contributed by atoms with Crippen molar-refractivity contribution in [2.75, 3.05) is 20.7 Å². The molecule has 0 radical (unpaired) electrons. The number of nitrogens with zero attached hydrogens (tertiary/aromatic N) is 1. The molecule has 0 spiro atoms. The van der Waals surface area contributed by atoms with Crippen molar-refractivity contribution in [2.45, 2.75) is 51.2 Å². The number of carbonyl (C=O) groups is 1. The molecule has 3 atom stereocenters. The van der Waals surface area contributed by atoms with E-state index in [4.69, 9.17) is 4.74 Å². The van der Waals surface area contributed by atoms with Gasteiger partial charge >= 0.3 is 5.97 Å². The summed E-state index contributed by atoms with van der Waals surface area (Å²) in [5.74, 6) is -0.144. The molecule has 1 heterocycles. The van der Waals surface area contributed by atoms with Crippen molar-refractivity contribution in [1.82, 2.24) is 10.2 Å². The maximum absolute atomic E-state index is 11.5. The van der Waals surface area contributed by atoms with Crippen LogP contribution in [-0.4, -0.2) is 49.7 Å². The lowest BCUT2D eigenvalue weighted by atomic mass is 9.98. The average Bonchev–Trinajstić information content (AvgIpc) is 2.29. The summed E-state index contributed by atoms with van der Waals surface area (Å²) in [4.78, 5) is 13.8. The van der Waals surface area contributed by atoms with Gasteiger partial charge in [-0.1, -0.05) is 6.92 Å². The topological polar surface area (TPSA) is 41.6 Å². The summed E-state index contributed by atoms with van der Waals surface area (Å²) in [6.07, 6.45) is 2.99. The van der Waals surface area contributed by atoms with Crippen LogP contribution in [0.1, 0.15) is 33.1 Å². The van der Waals surface area contributed by atoms with Crippen LogP contribution in [-0.2, 0) is 9.53 Å². The van der Waals surface area contributed by atoms with Crippen LogP contribution >= 0.6 is 0 Å². The Morgan fingerprint density at radius 1 is 1.62 bits per heavy atom. The molecule has 3 unspecified atom stereocenters. The number of hydrogen-bond acceptors (Lipinski definition) is 4. The Morgan fingerprint density at radius 2 is 2.31 bits per heavy atom. The second-order valence-electron chi connectivity index (χ2n) is 4.70. The van der Waals surface area contributed by atoms with Gasteiger partial charge in [0.25, 0.3) is 0 Å². The van der Waals surface area contributed by atoms with Gasteiger partial charge in [-0.25, -0.2) is 0 Å². The number of ether oxygens (including phenoxy) is 1. The third kappa shape index (κ3) is 3.46. The van der Waals surface area contributed by atoms with Gasteiger partial charge in [0.05, 0.1) is 7.11 Å². The minimum Gasteiger partial charge on any atom is -0.468 e. The fourth-order valence-electron chi connectivity index (χ4n) is 2.22. The lowest BCUT2D eigenvalue weighted by molar-refractivity contribution is -0.143. The van der Waals surface area contributed by atoms with Crippen LogP contribution in [0.5, 0.6) is 0 Å². The zero-order valence-corrected chi connectivity index (χ0v) is 10.8. The van der Waals surface area contributed by atoms with Crippen molar-refractivity contribution >= 4 is 5.97 Å². The number of carbonyl (C=O) groups excluding carboxylic acids is 1. The number of nitrogens with one attached hydrogen (secondary N) is 1. The van der Waals surface area contributed by atoms with E-state index in [2.05, 4.69) is 24.2 Å². The molecule has 4 heteroatoms. The number of esters is 1. The molecule has 4 nitrogen and oxygen atoms in total. The Kier molecular flexibility index (Phi) is 5.22. The number of likely N-dealkylation sites (tertiary alicyclic amines) is 1. The molecule has 1 N–H and O–H groups in total. The third-order valence-corrected chi connectivity index (χ3v) is 3.54. The second-order valence-corrected chi connectivity index (χ2v) is 4.70. The average molecular weight is 228 g/mol. The maximum atomic E-state index is 11.5. The highest BCUT2D eigenvalue weighted by Crippen LogP contribution is 2.16. The minimum absolute atomic E-state index is 0.144. The summed E-state index contributed by atoms with van der Waals surface area (Å²) in [5, 5.41) is 3.41. The lowest BCUT2D eigenvalue weighted by Crippen LogP contribution is -2.50. The zero-order valence-electron chi connectivity index (χ0n) is 10.8. The highest BCUT2D eigenvalue weighted by Gasteiger charge is 2.26. The monoisotopic (exact) mass is 228 g/mol. The smallest absolute Gasteiger partial charge is 0.322 e. The normalized spacial score (nSPS) is 28.8. The van der Waals surface area contributed by atoms with E-state index in [0.29, 0.717) is 12.1 Å². The van der Waals surface area contributed by atoms with Crippen LogP contribution in [0.25, 0.3) is 0 Å². The Morgan fingerprint density at radius 3 is 2.81 bits per heavy atom. The van der Waals surface area contributed by atoms with Crippen LogP contribution in [0.4, 0.5) is 0 Å². The molecule has 0 amide bonds. The summed E-state index contributed by atoms with van der Waals surface area (Å²) < 4.78 is 4.78. The van der Waals surface area contributed by atoms with Gasteiger partial charge in [-0.2, -0.15) is 0 Å². The van der Waals surface area contributed by atoms with Crippen molar-refractivity contribution in [3.05, 3.63) is 0 Å². The summed E-state index contributed by atoms with van der Waals surface area (Å²) in [7, 11) is 3.60. The molecule has 94 valence electrons. The van der Waals surface area contributed by atoms with Gasteiger partial charge in [-0.15, -0.1) is 0 Å². The Bertz CT molecular complexity index is 233. The van der Waals surface area contributed by atoms with Crippen LogP contribution in [0.15, 0.2) is 0 Å². The molecular formula is C12H24N2O2. The Balaban J connectivity index is 2.44. The fraction of sp³-hybridized carbons (Fsp3) is 0.917. The molecule has 0 aromatic rings. The molecule has 1 rings (SSSR count). The first-order chi connectivity index (χ1) is 7.58. The zero-order chi connectivity index (χ0) is 12.1. The Labute approximate surface area is 98.3 Å². The summed E-state index contributed by atoms with van der Waals surface area (Å²) in [5.41, 5.74) is 0. The molecular weight excluding hydrogens is 204 g/mol. The van der Waals surface area contributed by atoms with Gasteiger partial charge in [-0.05, 0) is 39.8 Å². The van der Waals surface area contributed by atoms with Gasteiger partial charge in [0.2, 0.25) is 0 Å². The van der Waals surface area contributed by atoms with Gasteiger partial charge in [0.1, 0.15) is 6.04 Å². The van der Waals surface area contributed by atoms with Gasteiger partial charge in [-0.3, -0.25) is 4.79 Å². The van der Waals surface area contributed by atoms with E-state index in [9.17, 15) is 4.79 Å². The van der Waals surface area contributed by atoms with E-state index in [-0.39, 0.29) is 12.0 Å². The Hall–Kier alpha value is -0.610. The maximum Gasteiger partial charge on any atom is 0.322 e. The van der Waals surface area contributed by atoms with E-state index in [1.165, 1.54) is 7.11 Å². The van der Waals surface area contributed by atoms with E-state index in [0.717, 1.165) is 25.8 Å². The van der Waals surface area contributed by atoms with Crippen molar-refractivity contribution in [3.8, 4) is 0 Å². The van der Waals surface area contributed by atoms with E-state index in [1.54, 1.807) is 0 Å². The number of piperidine rings is 1. The number of rotatable bonds is 4. The molecule has 1 aliphatic heterocycles. The molecule has 1 aliphatic rings. The standard InChI is InChI=1S/C12H24N2O2/c1-5-11(12(15)16-4)13-10-6-7-14(3)9(2)8-10/h9-11,13H,5-8H2,1-4H3.